The molecule has 108 valence electrons. The fraction of sp³-hybridized carbons (Fsp3) is 0.444. The monoisotopic (exact) mass is 280 g/mol. The number of hydrogen-bond acceptors (Lipinski definition) is 3. The molecule has 1 heterocycles. The average molecular weight is 280 g/mol. The summed E-state index contributed by atoms with van der Waals surface area (Å²) >= 11 is 0. The summed E-state index contributed by atoms with van der Waals surface area (Å²) in [5, 5.41) is 10.4. The number of pyridine rings is 1. The Morgan fingerprint density at radius 3 is 2.95 bits per heavy atom. The highest BCUT2D eigenvalue weighted by atomic mass is 16.5. The van der Waals surface area contributed by atoms with Gasteiger partial charge in [-0.25, -0.2) is 0 Å². The number of aromatic nitrogens is 1. The lowest BCUT2D eigenvalue weighted by atomic mass is 9.79. The van der Waals surface area contributed by atoms with E-state index in [1.54, 1.807) is 6.20 Å². The number of rotatable bonds is 3. The van der Waals surface area contributed by atoms with Gasteiger partial charge in [0, 0.05) is 11.6 Å². The van der Waals surface area contributed by atoms with Gasteiger partial charge in [0.1, 0.15) is 17.4 Å². The quantitative estimate of drug-likeness (QED) is 0.840. The minimum Gasteiger partial charge on any atom is -0.487 e. The van der Waals surface area contributed by atoms with E-state index >= 15 is 0 Å². The molecule has 1 aliphatic carbocycles. The van der Waals surface area contributed by atoms with Gasteiger partial charge in [-0.15, -0.1) is 0 Å². The lowest BCUT2D eigenvalue weighted by Crippen LogP contribution is -2.33. The van der Waals surface area contributed by atoms with Crippen LogP contribution >= 0.6 is 0 Å². The van der Waals surface area contributed by atoms with Crippen LogP contribution in [0, 0.1) is 23.2 Å². The normalized spacial score (nSPS) is 25.4. The maximum atomic E-state index is 9.37. The van der Waals surface area contributed by atoms with Gasteiger partial charge in [0.25, 0.3) is 0 Å². The second-order valence-corrected chi connectivity index (χ2v) is 5.81. The first-order valence-electron chi connectivity index (χ1n) is 7.71. The number of para-hydroxylation sites is 1. The molecule has 3 atom stereocenters. The zero-order chi connectivity index (χ0) is 14.7. The minimum absolute atomic E-state index is 0.00762. The maximum absolute atomic E-state index is 9.37. The molecule has 1 saturated carbocycles. The number of hydrogen-bond donors (Lipinski definition) is 0. The molecule has 1 aromatic heterocycles. The summed E-state index contributed by atoms with van der Waals surface area (Å²) in [7, 11) is 0. The second kappa shape index (κ2) is 6.13. The van der Waals surface area contributed by atoms with Gasteiger partial charge >= 0.3 is 0 Å². The van der Waals surface area contributed by atoms with Crippen molar-refractivity contribution in [3.63, 3.8) is 0 Å². The van der Waals surface area contributed by atoms with Crippen LogP contribution in [0.2, 0.25) is 0 Å². The summed E-state index contributed by atoms with van der Waals surface area (Å²) in [6, 6.07) is 12.4. The van der Waals surface area contributed by atoms with Gasteiger partial charge < -0.3 is 4.74 Å². The summed E-state index contributed by atoms with van der Waals surface area (Å²) in [5.74, 6) is 1.46. The number of ether oxygens (including phenoxy) is 1. The highest BCUT2D eigenvalue weighted by molar-refractivity contribution is 5.84. The van der Waals surface area contributed by atoms with Crippen LogP contribution in [-0.4, -0.2) is 11.1 Å². The van der Waals surface area contributed by atoms with Crippen molar-refractivity contribution in [1.82, 2.24) is 4.98 Å². The van der Waals surface area contributed by atoms with Crippen molar-refractivity contribution >= 4 is 10.9 Å². The fourth-order valence-electron chi connectivity index (χ4n) is 3.19. The van der Waals surface area contributed by atoms with Crippen LogP contribution < -0.4 is 4.74 Å². The first-order chi connectivity index (χ1) is 10.3. The molecule has 21 heavy (non-hydrogen) atoms. The molecule has 1 aliphatic rings. The van der Waals surface area contributed by atoms with Crippen LogP contribution in [0.15, 0.2) is 36.5 Å². The van der Waals surface area contributed by atoms with Crippen LogP contribution in [-0.2, 0) is 0 Å². The molecule has 3 nitrogen and oxygen atoms in total. The van der Waals surface area contributed by atoms with Crippen molar-refractivity contribution in [2.24, 2.45) is 11.8 Å². The molecule has 0 aliphatic heterocycles. The predicted molar refractivity (Wildman–Crippen MR) is 82.9 cm³/mol. The van der Waals surface area contributed by atoms with Crippen LogP contribution in [0.4, 0.5) is 0 Å². The highest BCUT2D eigenvalue weighted by Gasteiger charge is 2.31. The summed E-state index contributed by atoms with van der Waals surface area (Å²) in [6.07, 6.45) is 5.98. The summed E-state index contributed by atoms with van der Waals surface area (Å²) in [5.41, 5.74) is 0.885. The van der Waals surface area contributed by atoms with E-state index in [1.807, 2.05) is 30.3 Å². The van der Waals surface area contributed by atoms with Crippen LogP contribution in [0.25, 0.3) is 10.9 Å². The predicted octanol–water partition coefficient (Wildman–Crippen LogP) is 4.33. The van der Waals surface area contributed by atoms with E-state index in [1.165, 1.54) is 0 Å². The van der Waals surface area contributed by atoms with Crippen molar-refractivity contribution in [2.75, 3.05) is 0 Å². The second-order valence-electron chi connectivity index (χ2n) is 5.81. The summed E-state index contributed by atoms with van der Waals surface area (Å²) < 4.78 is 6.22. The Morgan fingerprint density at radius 1 is 1.29 bits per heavy atom. The molecule has 0 bridgehead atoms. The van der Waals surface area contributed by atoms with Crippen molar-refractivity contribution in [1.29, 1.82) is 5.26 Å². The van der Waals surface area contributed by atoms with Gasteiger partial charge in [-0.3, -0.25) is 4.98 Å². The Hall–Kier alpha value is -2.08. The molecule has 3 heteroatoms. The largest absolute Gasteiger partial charge is 0.487 e. The van der Waals surface area contributed by atoms with Crippen molar-refractivity contribution in [3.05, 3.63) is 36.5 Å². The lowest BCUT2D eigenvalue weighted by Gasteiger charge is -2.32. The summed E-state index contributed by atoms with van der Waals surface area (Å²) in [6.45, 7) is 2.22. The third kappa shape index (κ3) is 2.85. The summed E-state index contributed by atoms with van der Waals surface area (Å²) in [4.78, 5) is 4.43. The molecule has 0 N–H and O–H groups in total. The first-order valence-corrected chi connectivity index (χ1v) is 7.71. The number of fused-ring (bicyclic) bond motifs is 1. The van der Waals surface area contributed by atoms with E-state index in [2.05, 4.69) is 18.0 Å². The molecule has 0 radical (unpaired) electrons. The molecule has 1 aromatic carbocycles. The minimum atomic E-state index is -0.0127. The SMILES string of the molecule is CCC1CCC(C#N)C(Oc2cccc3cccnc23)C1. The number of nitrogens with zero attached hydrogens (tertiary/aromatic N) is 2. The van der Waals surface area contributed by atoms with Gasteiger partial charge in [0.2, 0.25) is 0 Å². The Labute approximate surface area is 125 Å². The van der Waals surface area contributed by atoms with Crippen LogP contribution in [0.5, 0.6) is 5.75 Å². The van der Waals surface area contributed by atoms with Gasteiger partial charge in [-0.1, -0.05) is 31.5 Å². The molecule has 1 fully saturated rings. The molecule has 0 amide bonds. The Kier molecular flexibility index (Phi) is 4.06. The van der Waals surface area contributed by atoms with E-state index in [4.69, 9.17) is 4.74 Å². The molecule has 2 aromatic rings. The van der Waals surface area contributed by atoms with E-state index in [0.29, 0.717) is 5.92 Å². The zero-order valence-corrected chi connectivity index (χ0v) is 12.3. The standard InChI is InChI=1S/C18H20N2O/c1-2-13-8-9-15(12-19)17(11-13)21-16-7-3-5-14-6-4-10-20-18(14)16/h3-7,10,13,15,17H,2,8-9,11H2,1H3. The van der Waals surface area contributed by atoms with Crippen molar-refractivity contribution < 1.29 is 4.74 Å². The van der Waals surface area contributed by atoms with Gasteiger partial charge in [0.05, 0.1) is 12.0 Å². The third-order valence-electron chi connectivity index (χ3n) is 4.52. The van der Waals surface area contributed by atoms with Gasteiger partial charge in [-0.05, 0) is 37.3 Å². The molecule has 0 saturated heterocycles. The highest BCUT2D eigenvalue weighted by Crippen LogP contribution is 2.34. The molecule has 3 unspecified atom stereocenters. The van der Waals surface area contributed by atoms with E-state index in [-0.39, 0.29) is 12.0 Å². The van der Waals surface area contributed by atoms with E-state index in [9.17, 15) is 5.26 Å². The smallest absolute Gasteiger partial charge is 0.146 e. The molecule has 3 rings (SSSR count). The molecular formula is C18H20N2O. The van der Waals surface area contributed by atoms with Crippen molar-refractivity contribution in [3.8, 4) is 11.8 Å². The Morgan fingerprint density at radius 2 is 2.14 bits per heavy atom. The number of nitriles is 1. The van der Waals surface area contributed by atoms with E-state index in [0.717, 1.165) is 42.3 Å². The molecular weight excluding hydrogens is 260 g/mol. The van der Waals surface area contributed by atoms with Crippen LogP contribution in [0.3, 0.4) is 0 Å². The zero-order valence-electron chi connectivity index (χ0n) is 12.3. The van der Waals surface area contributed by atoms with Crippen molar-refractivity contribution in [2.45, 2.75) is 38.7 Å². The third-order valence-corrected chi connectivity index (χ3v) is 4.52. The van der Waals surface area contributed by atoms with Crippen LogP contribution in [0.1, 0.15) is 32.6 Å². The molecule has 0 spiro atoms. The van der Waals surface area contributed by atoms with Gasteiger partial charge in [-0.2, -0.15) is 5.26 Å². The Bertz CT molecular complexity index is 656. The Balaban J connectivity index is 1.88. The topological polar surface area (TPSA) is 45.9 Å². The maximum Gasteiger partial charge on any atom is 0.146 e. The van der Waals surface area contributed by atoms with E-state index < -0.39 is 0 Å². The fourth-order valence-corrected chi connectivity index (χ4v) is 3.19. The lowest BCUT2D eigenvalue weighted by molar-refractivity contribution is 0.0905. The first kappa shape index (κ1) is 13.9. The number of benzene rings is 1. The average Bonchev–Trinajstić information content (AvgIpc) is 2.55. The van der Waals surface area contributed by atoms with Gasteiger partial charge in [0.15, 0.2) is 0 Å².